The lowest BCUT2D eigenvalue weighted by Crippen LogP contribution is -2.47. The summed E-state index contributed by atoms with van der Waals surface area (Å²) in [6.45, 7) is 6.42. The van der Waals surface area contributed by atoms with Crippen molar-refractivity contribution in [3.05, 3.63) is 28.8 Å². The van der Waals surface area contributed by atoms with Crippen molar-refractivity contribution >= 4 is 11.9 Å². The molecule has 0 bridgehead atoms. The maximum Gasteiger partial charge on any atom is 0.260 e. The van der Waals surface area contributed by atoms with E-state index in [9.17, 15) is 4.79 Å². The SMILES string of the molecule is Cc1cc(C)c(OCC2(CC3CCCCC3)N=C(N)N(C)C2=O)c(C)c1. The Bertz CT molecular complexity index is 699. The van der Waals surface area contributed by atoms with E-state index in [1.807, 2.05) is 13.8 Å². The van der Waals surface area contributed by atoms with Gasteiger partial charge in [0, 0.05) is 7.05 Å². The van der Waals surface area contributed by atoms with Crippen molar-refractivity contribution < 1.29 is 9.53 Å². The standard InChI is InChI=1S/C21H31N3O2/c1-14-10-15(2)18(16(3)11-14)26-13-21(12-17-8-6-5-7-9-17)19(25)24(4)20(22)23-21/h10-11,17H,5-9,12-13H2,1-4H3,(H2,22,23). The van der Waals surface area contributed by atoms with Crippen LogP contribution in [0.2, 0.25) is 0 Å². The predicted molar refractivity (Wildman–Crippen MR) is 104 cm³/mol. The van der Waals surface area contributed by atoms with E-state index >= 15 is 0 Å². The number of nitrogens with zero attached hydrogens (tertiary/aromatic N) is 2. The smallest absolute Gasteiger partial charge is 0.260 e. The van der Waals surface area contributed by atoms with Gasteiger partial charge < -0.3 is 10.5 Å². The van der Waals surface area contributed by atoms with Gasteiger partial charge in [-0.25, -0.2) is 4.99 Å². The van der Waals surface area contributed by atoms with Crippen LogP contribution in [0.4, 0.5) is 0 Å². The lowest BCUT2D eigenvalue weighted by atomic mass is 9.79. The monoisotopic (exact) mass is 357 g/mol. The number of hydrogen-bond acceptors (Lipinski definition) is 4. The molecule has 5 heteroatoms. The average molecular weight is 357 g/mol. The Morgan fingerprint density at radius 3 is 2.35 bits per heavy atom. The normalized spacial score (nSPS) is 24.1. The molecule has 1 aromatic carbocycles. The number of rotatable bonds is 5. The number of benzene rings is 1. The van der Waals surface area contributed by atoms with E-state index in [4.69, 9.17) is 10.5 Å². The first-order valence-corrected chi connectivity index (χ1v) is 9.66. The lowest BCUT2D eigenvalue weighted by molar-refractivity contribution is -0.132. The van der Waals surface area contributed by atoms with E-state index in [2.05, 4.69) is 24.0 Å². The van der Waals surface area contributed by atoms with Crippen molar-refractivity contribution in [2.24, 2.45) is 16.6 Å². The molecule has 0 aromatic heterocycles. The van der Waals surface area contributed by atoms with Crippen LogP contribution >= 0.6 is 0 Å². The zero-order chi connectivity index (χ0) is 18.9. The van der Waals surface area contributed by atoms with Crippen LogP contribution in [0.25, 0.3) is 0 Å². The Hall–Kier alpha value is -2.04. The minimum absolute atomic E-state index is 0.0389. The van der Waals surface area contributed by atoms with Gasteiger partial charge in [0.05, 0.1) is 0 Å². The van der Waals surface area contributed by atoms with Gasteiger partial charge in [0.2, 0.25) is 0 Å². The summed E-state index contributed by atoms with van der Waals surface area (Å²) < 4.78 is 6.21. The van der Waals surface area contributed by atoms with Crippen LogP contribution in [-0.4, -0.2) is 36.0 Å². The molecule has 1 atom stereocenters. The fraction of sp³-hybridized carbons (Fsp3) is 0.619. The largest absolute Gasteiger partial charge is 0.490 e. The summed E-state index contributed by atoms with van der Waals surface area (Å²) >= 11 is 0. The summed E-state index contributed by atoms with van der Waals surface area (Å²) in [4.78, 5) is 19.1. The highest BCUT2D eigenvalue weighted by molar-refractivity contribution is 6.06. The van der Waals surface area contributed by atoms with Crippen molar-refractivity contribution in [1.82, 2.24) is 4.90 Å². The Balaban J connectivity index is 1.84. The second-order valence-corrected chi connectivity index (χ2v) is 8.09. The Morgan fingerprint density at radius 1 is 1.19 bits per heavy atom. The Kier molecular flexibility index (Phi) is 5.26. The number of aliphatic imine (C=N–C) groups is 1. The van der Waals surface area contributed by atoms with Crippen LogP contribution in [0.5, 0.6) is 5.75 Å². The highest BCUT2D eigenvalue weighted by Crippen LogP contribution is 2.36. The molecule has 1 aliphatic carbocycles. The molecule has 2 N–H and O–H groups in total. The molecule has 5 nitrogen and oxygen atoms in total. The van der Waals surface area contributed by atoms with Gasteiger partial charge in [-0.05, 0) is 44.2 Å². The first-order chi connectivity index (χ1) is 12.3. The molecule has 1 aromatic rings. The molecule has 1 unspecified atom stereocenters. The van der Waals surface area contributed by atoms with Gasteiger partial charge in [0.1, 0.15) is 12.4 Å². The number of guanidine groups is 1. The molecule has 2 aliphatic rings. The number of nitrogens with two attached hydrogens (primary N) is 1. The number of ether oxygens (including phenoxy) is 1. The first-order valence-electron chi connectivity index (χ1n) is 9.66. The van der Waals surface area contributed by atoms with Crippen LogP contribution in [0.3, 0.4) is 0 Å². The van der Waals surface area contributed by atoms with Crippen molar-refractivity contribution in [2.75, 3.05) is 13.7 Å². The third-order valence-electron chi connectivity index (χ3n) is 5.79. The third-order valence-corrected chi connectivity index (χ3v) is 5.79. The summed E-state index contributed by atoms with van der Waals surface area (Å²) in [5.41, 5.74) is 8.50. The Morgan fingerprint density at radius 2 is 1.81 bits per heavy atom. The van der Waals surface area contributed by atoms with Gasteiger partial charge >= 0.3 is 0 Å². The fourth-order valence-electron chi connectivity index (χ4n) is 4.50. The third kappa shape index (κ3) is 3.57. The van der Waals surface area contributed by atoms with E-state index in [0.717, 1.165) is 36.1 Å². The molecule has 1 heterocycles. The summed E-state index contributed by atoms with van der Waals surface area (Å²) in [6.07, 6.45) is 6.82. The van der Waals surface area contributed by atoms with Crippen LogP contribution < -0.4 is 10.5 Å². The highest BCUT2D eigenvalue weighted by Gasteiger charge is 2.48. The first kappa shape index (κ1) is 18.7. The quantitative estimate of drug-likeness (QED) is 0.877. The zero-order valence-corrected chi connectivity index (χ0v) is 16.5. The van der Waals surface area contributed by atoms with E-state index in [-0.39, 0.29) is 12.5 Å². The molecule has 0 radical (unpaired) electrons. The van der Waals surface area contributed by atoms with Gasteiger partial charge in [-0.1, -0.05) is 49.8 Å². The highest BCUT2D eigenvalue weighted by atomic mass is 16.5. The molecule has 1 fully saturated rings. The molecule has 1 aliphatic heterocycles. The number of carbonyl (C=O) groups excluding carboxylic acids is 1. The van der Waals surface area contributed by atoms with Crippen LogP contribution in [0.1, 0.15) is 55.2 Å². The number of aryl methyl sites for hydroxylation is 3. The summed E-state index contributed by atoms with van der Waals surface area (Å²) in [5, 5.41) is 0. The second-order valence-electron chi connectivity index (χ2n) is 8.09. The molecular weight excluding hydrogens is 326 g/mol. The topological polar surface area (TPSA) is 67.9 Å². The van der Waals surface area contributed by atoms with Crippen LogP contribution in [0.15, 0.2) is 17.1 Å². The molecule has 3 rings (SSSR count). The average Bonchev–Trinajstić information content (AvgIpc) is 2.79. The van der Waals surface area contributed by atoms with Gasteiger partial charge in [0.15, 0.2) is 11.5 Å². The van der Waals surface area contributed by atoms with E-state index < -0.39 is 5.54 Å². The van der Waals surface area contributed by atoms with Crippen molar-refractivity contribution in [3.8, 4) is 5.75 Å². The second kappa shape index (κ2) is 7.29. The maximum absolute atomic E-state index is 13.0. The van der Waals surface area contributed by atoms with Gasteiger partial charge in [-0.15, -0.1) is 0 Å². The minimum atomic E-state index is -0.884. The van der Waals surface area contributed by atoms with Gasteiger partial charge in [0.25, 0.3) is 5.91 Å². The Labute approximate surface area is 156 Å². The van der Waals surface area contributed by atoms with Gasteiger partial charge in [-0.3, -0.25) is 9.69 Å². The van der Waals surface area contributed by atoms with Crippen molar-refractivity contribution in [2.45, 2.75) is 64.8 Å². The van der Waals surface area contributed by atoms with Crippen molar-refractivity contribution in [3.63, 3.8) is 0 Å². The fourth-order valence-corrected chi connectivity index (χ4v) is 4.50. The molecule has 26 heavy (non-hydrogen) atoms. The summed E-state index contributed by atoms with van der Waals surface area (Å²) in [5.74, 6) is 1.63. The van der Waals surface area contributed by atoms with E-state index in [1.54, 1.807) is 7.05 Å². The molecule has 0 spiro atoms. The number of carbonyl (C=O) groups is 1. The predicted octanol–water partition coefficient (Wildman–Crippen LogP) is 3.49. The van der Waals surface area contributed by atoms with Crippen molar-refractivity contribution in [1.29, 1.82) is 0 Å². The summed E-state index contributed by atoms with van der Waals surface area (Å²) in [7, 11) is 1.70. The molecular formula is C21H31N3O2. The van der Waals surface area contributed by atoms with E-state index in [0.29, 0.717) is 11.9 Å². The minimum Gasteiger partial charge on any atom is -0.490 e. The molecule has 142 valence electrons. The zero-order valence-electron chi connectivity index (χ0n) is 16.5. The lowest BCUT2D eigenvalue weighted by Gasteiger charge is -2.31. The molecule has 0 saturated heterocycles. The number of amides is 1. The van der Waals surface area contributed by atoms with E-state index in [1.165, 1.54) is 29.7 Å². The maximum atomic E-state index is 13.0. The number of likely N-dealkylation sites (N-methyl/N-ethyl adjacent to an activating group) is 1. The van der Waals surface area contributed by atoms with Crippen LogP contribution in [-0.2, 0) is 4.79 Å². The van der Waals surface area contributed by atoms with Gasteiger partial charge in [-0.2, -0.15) is 0 Å². The molecule has 1 saturated carbocycles. The number of hydrogen-bond donors (Lipinski definition) is 1. The summed E-state index contributed by atoms with van der Waals surface area (Å²) in [6, 6.07) is 4.22. The molecule has 1 amide bonds. The van der Waals surface area contributed by atoms with Crippen LogP contribution in [0, 0.1) is 26.7 Å².